The van der Waals surface area contributed by atoms with Crippen molar-refractivity contribution in [2.45, 2.75) is 27.3 Å². The summed E-state index contributed by atoms with van der Waals surface area (Å²) < 4.78 is 1.75. The minimum absolute atomic E-state index is 0.163. The summed E-state index contributed by atoms with van der Waals surface area (Å²) >= 11 is 0. The number of nitrogens with one attached hydrogen (secondary N) is 2. The molecule has 1 amide bonds. The van der Waals surface area contributed by atoms with Crippen LogP contribution in [-0.4, -0.2) is 25.9 Å². The first kappa shape index (κ1) is 11.4. The summed E-state index contributed by atoms with van der Waals surface area (Å²) in [5.41, 5.74) is 2.75. The molecule has 0 radical (unpaired) electrons. The van der Waals surface area contributed by atoms with Gasteiger partial charge in [-0.3, -0.25) is 14.6 Å². The van der Waals surface area contributed by atoms with Crippen LogP contribution in [0.1, 0.15) is 28.7 Å². The quantitative estimate of drug-likeness (QED) is 0.843. The van der Waals surface area contributed by atoms with E-state index in [9.17, 15) is 4.79 Å². The summed E-state index contributed by atoms with van der Waals surface area (Å²) in [6, 6.07) is 0. The summed E-state index contributed by atoms with van der Waals surface area (Å²) in [5.74, 6) is -0.163. The van der Waals surface area contributed by atoms with E-state index in [1.165, 1.54) is 0 Å². The van der Waals surface area contributed by atoms with E-state index in [1.807, 2.05) is 13.8 Å². The molecule has 0 fully saturated rings. The van der Waals surface area contributed by atoms with Crippen molar-refractivity contribution in [1.82, 2.24) is 20.0 Å². The van der Waals surface area contributed by atoms with E-state index in [0.717, 1.165) is 12.2 Å². The highest BCUT2D eigenvalue weighted by Gasteiger charge is 2.15. The molecule has 6 heteroatoms. The molecular formula is C11H15N5O. The standard InChI is InChI=1S/C11H15N5O/c1-4-16-6-9(5-12-16)13-11(17)10-7(2)14-15-8(10)3/h5-6H,4H2,1-3H3,(H,13,17)(H,14,15). The second kappa shape index (κ2) is 4.40. The Morgan fingerprint density at radius 2 is 2.29 bits per heavy atom. The van der Waals surface area contributed by atoms with Crippen LogP contribution in [0.4, 0.5) is 5.69 Å². The van der Waals surface area contributed by atoms with Crippen molar-refractivity contribution >= 4 is 11.6 Å². The third-order valence-corrected chi connectivity index (χ3v) is 2.57. The van der Waals surface area contributed by atoms with Crippen LogP contribution in [0.2, 0.25) is 0 Å². The Morgan fingerprint density at radius 3 is 2.82 bits per heavy atom. The van der Waals surface area contributed by atoms with Crippen molar-refractivity contribution in [3.05, 3.63) is 29.3 Å². The van der Waals surface area contributed by atoms with E-state index >= 15 is 0 Å². The molecule has 2 heterocycles. The molecule has 2 N–H and O–H groups in total. The summed E-state index contributed by atoms with van der Waals surface area (Å²) in [5, 5.41) is 13.7. The average Bonchev–Trinajstić information content (AvgIpc) is 2.86. The number of amides is 1. The fourth-order valence-corrected chi connectivity index (χ4v) is 1.68. The third-order valence-electron chi connectivity index (χ3n) is 2.57. The topological polar surface area (TPSA) is 75.6 Å². The SMILES string of the molecule is CCn1cc(NC(=O)c2c(C)n[nH]c2C)cn1. The number of carbonyl (C=O) groups is 1. The van der Waals surface area contributed by atoms with Crippen LogP contribution < -0.4 is 5.32 Å². The van der Waals surface area contributed by atoms with Gasteiger partial charge in [0.15, 0.2) is 0 Å². The molecule has 0 saturated carbocycles. The van der Waals surface area contributed by atoms with E-state index in [4.69, 9.17) is 0 Å². The van der Waals surface area contributed by atoms with Crippen molar-refractivity contribution in [3.63, 3.8) is 0 Å². The molecule has 0 aromatic carbocycles. The number of rotatable bonds is 3. The molecule has 0 saturated heterocycles. The third kappa shape index (κ3) is 2.20. The number of aromatic nitrogens is 4. The van der Waals surface area contributed by atoms with Gasteiger partial charge in [0, 0.05) is 18.4 Å². The first-order chi connectivity index (χ1) is 8.11. The van der Waals surface area contributed by atoms with Gasteiger partial charge in [0.2, 0.25) is 0 Å². The first-order valence-electron chi connectivity index (χ1n) is 5.47. The van der Waals surface area contributed by atoms with Crippen molar-refractivity contribution in [2.75, 3.05) is 5.32 Å². The normalized spacial score (nSPS) is 10.5. The summed E-state index contributed by atoms with van der Waals surface area (Å²) in [6.07, 6.45) is 3.43. The van der Waals surface area contributed by atoms with Gasteiger partial charge in [-0.05, 0) is 20.8 Å². The van der Waals surface area contributed by atoms with Gasteiger partial charge in [0.25, 0.3) is 5.91 Å². The van der Waals surface area contributed by atoms with E-state index in [1.54, 1.807) is 24.0 Å². The van der Waals surface area contributed by atoms with Crippen molar-refractivity contribution in [3.8, 4) is 0 Å². The maximum atomic E-state index is 12.0. The summed E-state index contributed by atoms with van der Waals surface area (Å²) in [6.45, 7) is 6.39. The summed E-state index contributed by atoms with van der Waals surface area (Å²) in [4.78, 5) is 12.0. The number of H-pyrrole nitrogens is 1. The van der Waals surface area contributed by atoms with E-state index < -0.39 is 0 Å². The zero-order chi connectivity index (χ0) is 12.4. The lowest BCUT2D eigenvalue weighted by molar-refractivity contribution is 0.102. The molecular weight excluding hydrogens is 218 g/mol. The molecule has 0 spiro atoms. The zero-order valence-corrected chi connectivity index (χ0v) is 10.1. The Kier molecular flexibility index (Phi) is 2.95. The number of nitrogens with zero attached hydrogens (tertiary/aromatic N) is 3. The predicted molar refractivity (Wildman–Crippen MR) is 63.9 cm³/mol. The number of hydrogen-bond acceptors (Lipinski definition) is 3. The average molecular weight is 233 g/mol. The maximum absolute atomic E-state index is 12.0. The van der Waals surface area contributed by atoms with E-state index in [-0.39, 0.29) is 5.91 Å². The van der Waals surface area contributed by atoms with Crippen molar-refractivity contribution in [2.24, 2.45) is 0 Å². The Balaban J connectivity index is 2.17. The minimum atomic E-state index is -0.163. The molecule has 0 aliphatic heterocycles. The largest absolute Gasteiger partial charge is 0.319 e. The number of hydrogen-bond donors (Lipinski definition) is 2. The maximum Gasteiger partial charge on any atom is 0.259 e. The first-order valence-corrected chi connectivity index (χ1v) is 5.47. The minimum Gasteiger partial charge on any atom is -0.319 e. The van der Waals surface area contributed by atoms with Crippen LogP contribution in [-0.2, 0) is 6.54 Å². The number of anilines is 1. The number of carbonyl (C=O) groups excluding carboxylic acids is 1. The Hall–Kier alpha value is -2.11. The molecule has 6 nitrogen and oxygen atoms in total. The molecule has 0 unspecified atom stereocenters. The van der Waals surface area contributed by atoms with Gasteiger partial charge in [0.05, 0.1) is 23.1 Å². The van der Waals surface area contributed by atoms with Gasteiger partial charge in [-0.25, -0.2) is 0 Å². The fourth-order valence-electron chi connectivity index (χ4n) is 1.68. The monoisotopic (exact) mass is 233 g/mol. The Bertz CT molecular complexity index is 520. The van der Waals surface area contributed by atoms with Gasteiger partial charge < -0.3 is 5.32 Å². The Labute approximate surface area is 99.0 Å². The second-order valence-corrected chi connectivity index (χ2v) is 3.85. The van der Waals surface area contributed by atoms with E-state index in [2.05, 4.69) is 20.6 Å². The molecule has 2 aromatic rings. The van der Waals surface area contributed by atoms with E-state index in [0.29, 0.717) is 16.9 Å². The highest BCUT2D eigenvalue weighted by atomic mass is 16.1. The molecule has 0 bridgehead atoms. The van der Waals surface area contributed by atoms with Gasteiger partial charge in [-0.2, -0.15) is 10.2 Å². The molecule has 2 rings (SSSR count). The van der Waals surface area contributed by atoms with Gasteiger partial charge in [-0.1, -0.05) is 0 Å². The number of aryl methyl sites for hydroxylation is 3. The van der Waals surface area contributed by atoms with Crippen LogP contribution in [0.5, 0.6) is 0 Å². The smallest absolute Gasteiger partial charge is 0.259 e. The zero-order valence-electron chi connectivity index (χ0n) is 10.1. The Morgan fingerprint density at radius 1 is 1.53 bits per heavy atom. The molecule has 17 heavy (non-hydrogen) atoms. The van der Waals surface area contributed by atoms with Crippen molar-refractivity contribution in [1.29, 1.82) is 0 Å². The number of aromatic amines is 1. The lowest BCUT2D eigenvalue weighted by atomic mass is 10.2. The van der Waals surface area contributed by atoms with Gasteiger partial charge in [0.1, 0.15) is 0 Å². The van der Waals surface area contributed by atoms with Crippen LogP contribution in [0, 0.1) is 13.8 Å². The van der Waals surface area contributed by atoms with Gasteiger partial charge in [-0.15, -0.1) is 0 Å². The lowest BCUT2D eigenvalue weighted by Crippen LogP contribution is -2.13. The lowest BCUT2D eigenvalue weighted by Gasteiger charge is -2.01. The fraction of sp³-hybridized carbons (Fsp3) is 0.364. The predicted octanol–water partition coefficient (Wildman–Crippen LogP) is 1.50. The highest BCUT2D eigenvalue weighted by Crippen LogP contribution is 2.13. The second-order valence-electron chi connectivity index (χ2n) is 3.85. The highest BCUT2D eigenvalue weighted by molar-refractivity contribution is 6.05. The van der Waals surface area contributed by atoms with Crippen LogP contribution in [0.25, 0.3) is 0 Å². The van der Waals surface area contributed by atoms with Crippen LogP contribution in [0.15, 0.2) is 12.4 Å². The van der Waals surface area contributed by atoms with Crippen LogP contribution >= 0.6 is 0 Å². The van der Waals surface area contributed by atoms with Crippen LogP contribution in [0.3, 0.4) is 0 Å². The van der Waals surface area contributed by atoms with Crippen molar-refractivity contribution < 1.29 is 4.79 Å². The van der Waals surface area contributed by atoms with Gasteiger partial charge >= 0.3 is 0 Å². The summed E-state index contributed by atoms with van der Waals surface area (Å²) in [7, 11) is 0. The molecule has 90 valence electrons. The molecule has 0 atom stereocenters. The molecule has 0 aliphatic rings. The molecule has 0 aliphatic carbocycles. The molecule has 2 aromatic heterocycles.